The molecular formula is C20H24N3O3S+. The summed E-state index contributed by atoms with van der Waals surface area (Å²) < 4.78 is 28.2. The van der Waals surface area contributed by atoms with Crippen molar-refractivity contribution in [3.05, 3.63) is 52.8 Å². The quantitative estimate of drug-likeness (QED) is 0.573. The second kappa shape index (κ2) is 7.42. The van der Waals surface area contributed by atoms with Crippen molar-refractivity contribution >= 4 is 31.7 Å². The summed E-state index contributed by atoms with van der Waals surface area (Å²) in [7, 11) is -3.59. The molecule has 0 saturated carbocycles. The van der Waals surface area contributed by atoms with Gasteiger partial charge in [-0.2, -0.15) is 0 Å². The van der Waals surface area contributed by atoms with Crippen molar-refractivity contribution in [1.29, 1.82) is 0 Å². The van der Waals surface area contributed by atoms with E-state index in [1.165, 1.54) is 24.2 Å². The van der Waals surface area contributed by atoms with E-state index in [0.29, 0.717) is 17.4 Å². The van der Waals surface area contributed by atoms with Crippen LogP contribution in [0.4, 0.5) is 0 Å². The number of sulfonamides is 1. The normalized spacial score (nSPS) is 16.1. The van der Waals surface area contributed by atoms with E-state index in [0.717, 1.165) is 30.4 Å². The number of fused-ring (bicyclic) bond motifs is 3. The molecule has 3 aromatic rings. The van der Waals surface area contributed by atoms with Crippen molar-refractivity contribution in [3.8, 4) is 0 Å². The predicted octanol–water partition coefficient (Wildman–Crippen LogP) is 1.03. The van der Waals surface area contributed by atoms with E-state index >= 15 is 0 Å². The minimum atomic E-state index is -3.59. The van der Waals surface area contributed by atoms with E-state index in [4.69, 9.17) is 0 Å². The largest absolute Gasteiger partial charge is 0.334 e. The molecule has 27 heavy (non-hydrogen) atoms. The molecule has 1 saturated heterocycles. The number of quaternary nitrogens is 1. The molecule has 0 amide bonds. The van der Waals surface area contributed by atoms with E-state index in [1.54, 1.807) is 30.3 Å². The Bertz CT molecular complexity index is 1130. The Kier molecular flexibility index (Phi) is 4.99. The molecule has 4 rings (SSSR count). The van der Waals surface area contributed by atoms with Gasteiger partial charge in [0.15, 0.2) is 0 Å². The number of aromatic amines is 1. The van der Waals surface area contributed by atoms with Gasteiger partial charge in [0.25, 0.3) is 5.56 Å². The maximum Gasteiger partial charge on any atom is 0.256 e. The smallest absolute Gasteiger partial charge is 0.256 e. The molecule has 6 nitrogen and oxygen atoms in total. The van der Waals surface area contributed by atoms with Crippen molar-refractivity contribution in [3.63, 3.8) is 0 Å². The SMILES string of the molecule is O=c1[nH]c2ccc(S(=O)(=O)NCC[NH+]3CCCCC3)cc2c2ccccc12. The summed E-state index contributed by atoms with van der Waals surface area (Å²) in [6, 6.07) is 12.1. The molecule has 1 fully saturated rings. The van der Waals surface area contributed by atoms with Gasteiger partial charge in [-0.15, -0.1) is 0 Å². The van der Waals surface area contributed by atoms with Gasteiger partial charge in [-0.05, 0) is 48.9 Å². The number of piperidine rings is 1. The van der Waals surface area contributed by atoms with E-state index in [2.05, 4.69) is 9.71 Å². The summed E-state index contributed by atoms with van der Waals surface area (Å²) in [6.07, 6.45) is 3.72. The number of hydrogen-bond donors (Lipinski definition) is 3. The molecule has 7 heteroatoms. The fraction of sp³-hybridized carbons (Fsp3) is 0.350. The van der Waals surface area contributed by atoms with Crippen molar-refractivity contribution in [2.75, 3.05) is 26.2 Å². The fourth-order valence-corrected chi connectivity index (χ4v) is 4.93. The highest BCUT2D eigenvalue weighted by Crippen LogP contribution is 2.23. The summed E-state index contributed by atoms with van der Waals surface area (Å²) in [5.41, 5.74) is 0.465. The van der Waals surface area contributed by atoms with Crippen LogP contribution in [0.2, 0.25) is 0 Å². The lowest BCUT2D eigenvalue weighted by Gasteiger charge is -2.23. The maximum atomic E-state index is 12.7. The Morgan fingerprint density at radius 2 is 1.70 bits per heavy atom. The molecule has 2 aromatic carbocycles. The van der Waals surface area contributed by atoms with Crippen molar-refractivity contribution in [1.82, 2.24) is 9.71 Å². The minimum absolute atomic E-state index is 0.170. The van der Waals surface area contributed by atoms with Crippen LogP contribution >= 0.6 is 0 Å². The van der Waals surface area contributed by atoms with Gasteiger partial charge in [-0.25, -0.2) is 13.1 Å². The van der Waals surface area contributed by atoms with Gasteiger partial charge < -0.3 is 9.88 Å². The highest BCUT2D eigenvalue weighted by Gasteiger charge is 2.18. The van der Waals surface area contributed by atoms with Gasteiger partial charge in [0.2, 0.25) is 10.0 Å². The van der Waals surface area contributed by atoms with Crippen LogP contribution in [0, 0.1) is 0 Å². The lowest BCUT2D eigenvalue weighted by atomic mass is 10.1. The second-order valence-electron chi connectivity index (χ2n) is 7.17. The summed E-state index contributed by atoms with van der Waals surface area (Å²) in [6.45, 7) is 3.49. The molecular weight excluding hydrogens is 362 g/mol. The van der Waals surface area contributed by atoms with Crippen molar-refractivity contribution in [2.45, 2.75) is 24.2 Å². The van der Waals surface area contributed by atoms with E-state index < -0.39 is 10.0 Å². The van der Waals surface area contributed by atoms with Crippen molar-refractivity contribution < 1.29 is 13.3 Å². The Hall–Kier alpha value is -2.22. The standard InChI is InChI=1S/C20H23N3O3S/c24-20-17-7-3-2-6-16(17)18-14-15(8-9-19(18)22-20)27(25,26)21-10-13-23-11-4-1-5-12-23/h2-3,6-9,14,21H,1,4-5,10-13H2,(H,22,24)/p+1. The maximum absolute atomic E-state index is 12.7. The molecule has 1 aliphatic heterocycles. The van der Waals surface area contributed by atoms with Crippen LogP contribution in [0.1, 0.15) is 19.3 Å². The van der Waals surface area contributed by atoms with Gasteiger partial charge in [-0.1, -0.05) is 18.2 Å². The molecule has 0 radical (unpaired) electrons. The van der Waals surface area contributed by atoms with Crippen LogP contribution in [0.5, 0.6) is 0 Å². The number of rotatable bonds is 5. The Balaban J connectivity index is 1.61. The molecule has 0 aliphatic carbocycles. The fourth-order valence-electron chi connectivity index (χ4n) is 3.88. The van der Waals surface area contributed by atoms with Crippen LogP contribution in [-0.4, -0.2) is 39.6 Å². The summed E-state index contributed by atoms with van der Waals surface area (Å²) in [5.74, 6) is 0. The Morgan fingerprint density at radius 1 is 0.963 bits per heavy atom. The monoisotopic (exact) mass is 386 g/mol. The zero-order valence-corrected chi connectivity index (χ0v) is 15.9. The van der Waals surface area contributed by atoms with Crippen LogP contribution in [-0.2, 0) is 10.0 Å². The van der Waals surface area contributed by atoms with Gasteiger partial charge >= 0.3 is 0 Å². The van der Waals surface area contributed by atoms with Gasteiger partial charge in [0.05, 0.1) is 31.1 Å². The van der Waals surface area contributed by atoms with Crippen LogP contribution in [0.3, 0.4) is 0 Å². The number of H-pyrrole nitrogens is 1. The van der Waals surface area contributed by atoms with E-state index in [9.17, 15) is 13.2 Å². The number of benzene rings is 2. The molecule has 3 N–H and O–H groups in total. The van der Waals surface area contributed by atoms with E-state index in [-0.39, 0.29) is 10.5 Å². The summed E-state index contributed by atoms with van der Waals surface area (Å²) in [5, 5.41) is 2.04. The lowest BCUT2D eigenvalue weighted by molar-refractivity contribution is -0.903. The highest BCUT2D eigenvalue weighted by molar-refractivity contribution is 7.89. The van der Waals surface area contributed by atoms with Crippen LogP contribution < -0.4 is 15.2 Å². The molecule has 1 aliphatic rings. The Morgan fingerprint density at radius 3 is 2.48 bits per heavy atom. The predicted molar refractivity (Wildman–Crippen MR) is 107 cm³/mol. The zero-order chi connectivity index (χ0) is 18.9. The summed E-state index contributed by atoms with van der Waals surface area (Å²) in [4.78, 5) is 16.7. The molecule has 142 valence electrons. The number of likely N-dealkylation sites (tertiary alicyclic amines) is 1. The minimum Gasteiger partial charge on any atom is -0.334 e. The topological polar surface area (TPSA) is 83.5 Å². The number of pyridine rings is 1. The van der Waals surface area contributed by atoms with Gasteiger partial charge in [0, 0.05) is 16.3 Å². The molecule has 0 unspecified atom stereocenters. The zero-order valence-electron chi connectivity index (χ0n) is 15.1. The molecule has 0 spiro atoms. The first kappa shape index (κ1) is 18.2. The second-order valence-corrected chi connectivity index (χ2v) is 8.93. The Labute approximate surface area is 158 Å². The van der Waals surface area contributed by atoms with E-state index in [1.807, 2.05) is 12.1 Å². The van der Waals surface area contributed by atoms with Gasteiger partial charge in [0.1, 0.15) is 0 Å². The molecule has 1 aromatic heterocycles. The third-order valence-electron chi connectivity index (χ3n) is 5.34. The average molecular weight is 386 g/mol. The number of hydrogen-bond acceptors (Lipinski definition) is 3. The third-order valence-corrected chi connectivity index (χ3v) is 6.80. The molecule has 0 atom stereocenters. The van der Waals surface area contributed by atoms with Crippen LogP contribution in [0.15, 0.2) is 52.2 Å². The molecule has 2 heterocycles. The average Bonchev–Trinajstić information content (AvgIpc) is 2.69. The highest BCUT2D eigenvalue weighted by atomic mass is 32.2. The first-order valence-electron chi connectivity index (χ1n) is 9.43. The lowest BCUT2D eigenvalue weighted by Crippen LogP contribution is -3.13. The third kappa shape index (κ3) is 3.76. The van der Waals surface area contributed by atoms with Gasteiger partial charge in [-0.3, -0.25) is 4.79 Å². The van der Waals surface area contributed by atoms with Crippen LogP contribution in [0.25, 0.3) is 21.7 Å². The number of nitrogens with one attached hydrogen (secondary N) is 3. The number of aromatic nitrogens is 1. The summed E-state index contributed by atoms with van der Waals surface area (Å²) >= 11 is 0. The first-order valence-corrected chi connectivity index (χ1v) is 10.9. The first-order chi connectivity index (χ1) is 13.0. The van der Waals surface area contributed by atoms with Crippen molar-refractivity contribution in [2.24, 2.45) is 0 Å². The molecule has 0 bridgehead atoms.